The molecule has 0 aliphatic heterocycles. The van der Waals surface area contributed by atoms with E-state index < -0.39 is 6.04 Å². The Kier molecular flexibility index (Phi) is 3.50. The van der Waals surface area contributed by atoms with Crippen LogP contribution >= 0.6 is 34.5 Å². The molecule has 0 amide bonds. The molecule has 84 valence electrons. The van der Waals surface area contributed by atoms with Gasteiger partial charge in [-0.2, -0.15) is 0 Å². The van der Waals surface area contributed by atoms with Gasteiger partial charge >= 0.3 is 0 Å². The summed E-state index contributed by atoms with van der Waals surface area (Å²) in [4.78, 5) is 0. The third kappa shape index (κ3) is 2.23. The molecule has 0 radical (unpaired) electrons. The first kappa shape index (κ1) is 11.9. The molecule has 2 rings (SSSR count). The van der Waals surface area contributed by atoms with Gasteiger partial charge in [0.1, 0.15) is 5.82 Å². The van der Waals surface area contributed by atoms with Crippen molar-refractivity contribution in [3.8, 4) is 0 Å². The standard InChI is InChI=1S/C11H8Cl2FNS/c12-9-5-7(11(13)16-9)10(15)6-3-1-2-4-8(6)14/h1-5,10H,15H2. The number of hydrogen-bond donors (Lipinski definition) is 1. The summed E-state index contributed by atoms with van der Waals surface area (Å²) in [7, 11) is 0. The van der Waals surface area contributed by atoms with Gasteiger partial charge in [0.15, 0.2) is 0 Å². The largest absolute Gasteiger partial charge is 0.320 e. The number of benzene rings is 1. The third-order valence-electron chi connectivity index (χ3n) is 2.26. The fourth-order valence-electron chi connectivity index (χ4n) is 1.46. The Labute approximate surface area is 107 Å². The van der Waals surface area contributed by atoms with Gasteiger partial charge in [-0.15, -0.1) is 11.3 Å². The zero-order valence-electron chi connectivity index (χ0n) is 8.08. The normalized spacial score (nSPS) is 12.8. The molecule has 5 heteroatoms. The maximum Gasteiger partial charge on any atom is 0.128 e. The Bertz CT molecular complexity index is 512. The smallest absolute Gasteiger partial charge is 0.128 e. The zero-order chi connectivity index (χ0) is 11.7. The van der Waals surface area contributed by atoms with Crippen molar-refractivity contribution in [2.24, 2.45) is 5.73 Å². The van der Waals surface area contributed by atoms with Gasteiger partial charge in [-0.1, -0.05) is 41.4 Å². The Morgan fingerprint density at radius 2 is 1.88 bits per heavy atom. The predicted molar refractivity (Wildman–Crippen MR) is 66.8 cm³/mol. The van der Waals surface area contributed by atoms with Crippen LogP contribution in [0.2, 0.25) is 8.67 Å². The molecule has 0 aliphatic rings. The first-order valence-corrected chi connectivity index (χ1v) is 6.11. The van der Waals surface area contributed by atoms with Crippen LogP contribution in [-0.4, -0.2) is 0 Å². The molecular formula is C11H8Cl2FNS. The van der Waals surface area contributed by atoms with Crippen molar-refractivity contribution in [3.63, 3.8) is 0 Å². The van der Waals surface area contributed by atoms with Crippen molar-refractivity contribution in [1.82, 2.24) is 0 Å². The van der Waals surface area contributed by atoms with E-state index in [2.05, 4.69) is 0 Å². The second kappa shape index (κ2) is 4.72. The van der Waals surface area contributed by atoms with Crippen molar-refractivity contribution in [1.29, 1.82) is 0 Å². The molecule has 1 aromatic carbocycles. The summed E-state index contributed by atoms with van der Waals surface area (Å²) in [6, 6.07) is 7.45. The van der Waals surface area contributed by atoms with Crippen LogP contribution in [0.5, 0.6) is 0 Å². The summed E-state index contributed by atoms with van der Waals surface area (Å²) in [5.74, 6) is -0.339. The van der Waals surface area contributed by atoms with Crippen LogP contribution in [0.25, 0.3) is 0 Å². The molecule has 0 aliphatic carbocycles. The molecule has 2 aromatic rings. The molecular weight excluding hydrogens is 268 g/mol. The fourth-order valence-corrected chi connectivity index (χ4v) is 3.01. The maximum atomic E-state index is 13.5. The molecule has 0 saturated heterocycles. The summed E-state index contributed by atoms with van der Waals surface area (Å²) >= 11 is 13.0. The molecule has 2 N–H and O–H groups in total. The van der Waals surface area contributed by atoms with E-state index in [9.17, 15) is 4.39 Å². The van der Waals surface area contributed by atoms with Gasteiger partial charge in [-0.25, -0.2) is 4.39 Å². The van der Waals surface area contributed by atoms with E-state index in [0.717, 1.165) is 0 Å². The average molecular weight is 276 g/mol. The average Bonchev–Trinajstić information content (AvgIpc) is 2.58. The second-order valence-electron chi connectivity index (χ2n) is 3.28. The number of nitrogens with two attached hydrogens (primary N) is 1. The lowest BCUT2D eigenvalue weighted by molar-refractivity contribution is 0.600. The van der Waals surface area contributed by atoms with Crippen LogP contribution in [-0.2, 0) is 0 Å². The first-order valence-electron chi connectivity index (χ1n) is 4.54. The highest BCUT2D eigenvalue weighted by Crippen LogP contribution is 2.36. The third-order valence-corrected chi connectivity index (χ3v) is 3.78. The molecule has 1 aromatic heterocycles. The van der Waals surface area contributed by atoms with Crippen LogP contribution in [0.3, 0.4) is 0 Å². The van der Waals surface area contributed by atoms with E-state index in [1.165, 1.54) is 17.4 Å². The van der Waals surface area contributed by atoms with E-state index in [-0.39, 0.29) is 5.82 Å². The van der Waals surface area contributed by atoms with Crippen LogP contribution in [0, 0.1) is 5.82 Å². The Balaban J connectivity index is 2.43. The van der Waals surface area contributed by atoms with Gasteiger partial charge in [-0.3, -0.25) is 0 Å². The number of hydrogen-bond acceptors (Lipinski definition) is 2. The lowest BCUT2D eigenvalue weighted by Crippen LogP contribution is -2.13. The minimum absolute atomic E-state index is 0.339. The van der Waals surface area contributed by atoms with Crippen LogP contribution in [0.4, 0.5) is 4.39 Å². The molecule has 1 nitrogen and oxygen atoms in total. The summed E-state index contributed by atoms with van der Waals surface area (Å²) in [6.45, 7) is 0. The molecule has 0 fully saturated rings. The Morgan fingerprint density at radius 1 is 1.19 bits per heavy atom. The van der Waals surface area contributed by atoms with E-state index in [1.807, 2.05) is 0 Å². The molecule has 1 atom stereocenters. The van der Waals surface area contributed by atoms with E-state index in [4.69, 9.17) is 28.9 Å². The van der Waals surface area contributed by atoms with Crippen molar-refractivity contribution < 1.29 is 4.39 Å². The van der Waals surface area contributed by atoms with Gasteiger partial charge < -0.3 is 5.73 Å². The van der Waals surface area contributed by atoms with Crippen molar-refractivity contribution in [2.75, 3.05) is 0 Å². The van der Waals surface area contributed by atoms with Crippen molar-refractivity contribution in [3.05, 3.63) is 55.9 Å². The molecule has 0 saturated carbocycles. The Morgan fingerprint density at radius 3 is 2.44 bits per heavy atom. The molecule has 0 spiro atoms. The highest BCUT2D eigenvalue weighted by atomic mass is 35.5. The highest BCUT2D eigenvalue weighted by Gasteiger charge is 2.18. The summed E-state index contributed by atoms with van der Waals surface area (Å²) < 4.78 is 14.6. The SMILES string of the molecule is NC(c1ccccc1F)c1cc(Cl)sc1Cl. The first-order chi connectivity index (χ1) is 7.59. The van der Waals surface area contributed by atoms with Crippen LogP contribution < -0.4 is 5.73 Å². The Hall–Kier alpha value is -0.610. The minimum atomic E-state index is -0.586. The van der Waals surface area contributed by atoms with Gasteiger partial charge in [0.25, 0.3) is 0 Å². The molecule has 16 heavy (non-hydrogen) atoms. The molecule has 1 unspecified atom stereocenters. The van der Waals surface area contributed by atoms with Crippen LogP contribution in [0.15, 0.2) is 30.3 Å². The summed E-state index contributed by atoms with van der Waals surface area (Å²) in [5, 5.41) is 0. The second-order valence-corrected chi connectivity index (χ2v) is 5.56. The van der Waals surface area contributed by atoms with Gasteiger partial charge in [0.2, 0.25) is 0 Å². The summed E-state index contributed by atoms with van der Waals surface area (Å²) in [6.07, 6.45) is 0. The quantitative estimate of drug-likeness (QED) is 0.872. The maximum absolute atomic E-state index is 13.5. The van der Waals surface area contributed by atoms with E-state index in [0.29, 0.717) is 19.8 Å². The van der Waals surface area contributed by atoms with Crippen molar-refractivity contribution in [2.45, 2.75) is 6.04 Å². The predicted octanol–water partition coefficient (Wildman–Crippen LogP) is 4.24. The molecule has 0 bridgehead atoms. The molecule has 1 heterocycles. The van der Waals surface area contributed by atoms with E-state index >= 15 is 0 Å². The lowest BCUT2D eigenvalue weighted by Gasteiger charge is -2.11. The van der Waals surface area contributed by atoms with Gasteiger partial charge in [0, 0.05) is 11.1 Å². The van der Waals surface area contributed by atoms with E-state index in [1.54, 1.807) is 24.3 Å². The van der Waals surface area contributed by atoms with Crippen molar-refractivity contribution >= 4 is 34.5 Å². The fraction of sp³-hybridized carbons (Fsp3) is 0.0909. The minimum Gasteiger partial charge on any atom is -0.320 e. The van der Waals surface area contributed by atoms with Crippen LogP contribution in [0.1, 0.15) is 17.2 Å². The number of thiophene rings is 1. The van der Waals surface area contributed by atoms with Gasteiger partial charge in [-0.05, 0) is 12.1 Å². The summed E-state index contributed by atoms with van der Waals surface area (Å²) in [5.41, 5.74) is 7.02. The topological polar surface area (TPSA) is 26.0 Å². The highest BCUT2D eigenvalue weighted by molar-refractivity contribution is 7.20. The monoisotopic (exact) mass is 275 g/mol. The zero-order valence-corrected chi connectivity index (χ0v) is 10.4. The lowest BCUT2D eigenvalue weighted by atomic mass is 10.0. The number of halogens is 3. The number of rotatable bonds is 2. The van der Waals surface area contributed by atoms with Gasteiger partial charge in [0.05, 0.1) is 14.7 Å².